The second-order valence-electron chi connectivity index (χ2n) is 10.5. The summed E-state index contributed by atoms with van der Waals surface area (Å²) in [6.07, 6.45) is 9.46. The van der Waals surface area contributed by atoms with Gasteiger partial charge in [0.05, 0.1) is 22.7 Å². The molecule has 3 fully saturated rings. The van der Waals surface area contributed by atoms with Crippen molar-refractivity contribution in [2.24, 2.45) is 5.92 Å². The number of hydrogen-bond acceptors (Lipinski definition) is 5. The number of hydrogen-bond donors (Lipinski definition) is 1. The quantitative estimate of drug-likeness (QED) is 0.617. The molecule has 5 nitrogen and oxygen atoms in total. The molecule has 0 radical (unpaired) electrons. The van der Waals surface area contributed by atoms with Crippen molar-refractivity contribution in [3.8, 4) is 0 Å². The summed E-state index contributed by atoms with van der Waals surface area (Å²) in [6.45, 7) is 4.96. The Bertz CT molecular complexity index is 963. The number of aryl methyl sites for hydroxylation is 1. The van der Waals surface area contributed by atoms with Crippen LogP contribution in [0.4, 0.5) is 0 Å². The van der Waals surface area contributed by atoms with Gasteiger partial charge in [-0.05, 0) is 63.0 Å². The van der Waals surface area contributed by atoms with Crippen LogP contribution in [0.5, 0.6) is 0 Å². The number of carbonyl (C=O) groups excluding carboxylic acids is 1. The van der Waals surface area contributed by atoms with Crippen LogP contribution < -0.4 is 5.32 Å². The first-order valence-corrected chi connectivity index (χ1v) is 14.0. The Balaban J connectivity index is 1.47. The van der Waals surface area contributed by atoms with Gasteiger partial charge in [-0.1, -0.05) is 49.6 Å². The van der Waals surface area contributed by atoms with Gasteiger partial charge in [-0.15, -0.1) is 11.3 Å². The lowest BCUT2D eigenvalue weighted by atomic mass is 9.73. The summed E-state index contributed by atoms with van der Waals surface area (Å²) in [7, 11) is 1.72. The Morgan fingerprint density at radius 1 is 1.21 bits per heavy atom. The van der Waals surface area contributed by atoms with E-state index in [0.29, 0.717) is 36.9 Å². The SMILES string of the molecule is COCc1nc(C)sc1C1(C(=O)N2CCC(c3ccccc3)CC2C2CCCCC2)CCNC1. The first kappa shape index (κ1) is 24.0. The summed E-state index contributed by atoms with van der Waals surface area (Å²) in [5.74, 6) is 1.50. The van der Waals surface area contributed by atoms with Crippen LogP contribution >= 0.6 is 11.3 Å². The largest absolute Gasteiger partial charge is 0.378 e. The Labute approximate surface area is 208 Å². The molecule has 1 saturated carbocycles. The second kappa shape index (κ2) is 10.5. The van der Waals surface area contributed by atoms with Gasteiger partial charge in [-0.3, -0.25) is 4.79 Å². The molecular weight excluding hydrogens is 442 g/mol. The van der Waals surface area contributed by atoms with Gasteiger partial charge in [0.25, 0.3) is 0 Å². The molecule has 3 heterocycles. The van der Waals surface area contributed by atoms with Crippen LogP contribution in [-0.2, 0) is 21.6 Å². The third-order valence-electron chi connectivity index (χ3n) is 8.46. The van der Waals surface area contributed by atoms with Crippen molar-refractivity contribution in [1.29, 1.82) is 0 Å². The van der Waals surface area contributed by atoms with Gasteiger partial charge < -0.3 is 15.0 Å². The van der Waals surface area contributed by atoms with E-state index in [1.807, 2.05) is 6.92 Å². The lowest BCUT2D eigenvalue weighted by Gasteiger charge is -2.47. The molecule has 1 amide bonds. The predicted molar refractivity (Wildman–Crippen MR) is 137 cm³/mol. The molecule has 0 spiro atoms. The lowest BCUT2D eigenvalue weighted by molar-refractivity contribution is -0.142. The molecule has 2 aromatic rings. The highest BCUT2D eigenvalue weighted by Crippen LogP contribution is 2.44. The molecule has 1 aromatic carbocycles. The van der Waals surface area contributed by atoms with Gasteiger partial charge >= 0.3 is 0 Å². The molecule has 2 saturated heterocycles. The molecule has 2 aliphatic heterocycles. The van der Waals surface area contributed by atoms with E-state index >= 15 is 0 Å². The molecule has 3 atom stereocenters. The minimum Gasteiger partial charge on any atom is -0.378 e. The maximum atomic E-state index is 14.6. The van der Waals surface area contributed by atoms with E-state index in [-0.39, 0.29) is 0 Å². The van der Waals surface area contributed by atoms with Crippen molar-refractivity contribution in [3.63, 3.8) is 0 Å². The average Bonchev–Trinajstić information content (AvgIpc) is 3.52. The van der Waals surface area contributed by atoms with E-state index in [2.05, 4.69) is 40.5 Å². The minimum absolute atomic E-state index is 0.334. The molecule has 3 aliphatic rings. The summed E-state index contributed by atoms with van der Waals surface area (Å²) in [5, 5.41) is 4.55. The Morgan fingerprint density at radius 3 is 2.71 bits per heavy atom. The molecule has 5 rings (SSSR count). The fourth-order valence-electron chi connectivity index (χ4n) is 6.76. The van der Waals surface area contributed by atoms with Crippen LogP contribution in [0.25, 0.3) is 0 Å². The Hall–Kier alpha value is -1.76. The standard InChI is InChI=1S/C28H39N3O2S/c1-20-30-24(18-33-2)26(34-20)28(14-15-29-19-28)27(32)31-16-13-23(21-9-5-3-6-10-21)17-25(31)22-11-7-4-8-12-22/h3,5-6,9-10,22-23,25,29H,4,7-8,11-19H2,1-2H3. The number of thiazole rings is 1. The second-order valence-corrected chi connectivity index (χ2v) is 11.7. The number of rotatable bonds is 6. The molecule has 1 aliphatic carbocycles. The predicted octanol–water partition coefficient (Wildman–Crippen LogP) is 5.18. The van der Waals surface area contributed by atoms with Crippen LogP contribution in [-0.4, -0.2) is 48.6 Å². The number of methoxy groups -OCH3 is 1. The highest BCUT2D eigenvalue weighted by Gasteiger charge is 2.51. The summed E-state index contributed by atoms with van der Waals surface area (Å²) in [6, 6.07) is 11.3. The van der Waals surface area contributed by atoms with E-state index in [1.165, 1.54) is 37.7 Å². The highest BCUT2D eigenvalue weighted by molar-refractivity contribution is 7.12. The fraction of sp³-hybridized carbons (Fsp3) is 0.643. The summed E-state index contributed by atoms with van der Waals surface area (Å²) < 4.78 is 5.49. The van der Waals surface area contributed by atoms with Crippen molar-refractivity contribution in [1.82, 2.24) is 15.2 Å². The van der Waals surface area contributed by atoms with Crippen molar-refractivity contribution in [3.05, 3.63) is 51.5 Å². The first-order valence-electron chi connectivity index (χ1n) is 13.1. The highest BCUT2D eigenvalue weighted by atomic mass is 32.1. The van der Waals surface area contributed by atoms with Crippen molar-refractivity contribution in [2.75, 3.05) is 26.7 Å². The normalized spacial score (nSPS) is 28.4. The van der Waals surface area contributed by atoms with Crippen LogP contribution in [0, 0.1) is 12.8 Å². The average molecular weight is 482 g/mol. The number of amides is 1. The Kier molecular flexibility index (Phi) is 7.38. The molecule has 1 aromatic heterocycles. The zero-order valence-electron chi connectivity index (χ0n) is 20.7. The number of carbonyl (C=O) groups is 1. The first-order chi connectivity index (χ1) is 16.6. The van der Waals surface area contributed by atoms with E-state index in [1.54, 1.807) is 18.4 Å². The summed E-state index contributed by atoms with van der Waals surface area (Å²) in [4.78, 5) is 22.8. The van der Waals surface area contributed by atoms with Crippen LogP contribution in [0.1, 0.15) is 78.4 Å². The molecule has 3 unspecified atom stereocenters. The van der Waals surface area contributed by atoms with E-state index in [9.17, 15) is 4.79 Å². The van der Waals surface area contributed by atoms with Crippen molar-refractivity contribution in [2.45, 2.75) is 82.3 Å². The smallest absolute Gasteiger partial charge is 0.235 e. The molecule has 6 heteroatoms. The maximum Gasteiger partial charge on any atom is 0.235 e. The molecular formula is C28H39N3O2S. The maximum absolute atomic E-state index is 14.6. The monoisotopic (exact) mass is 481 g/mol. The molecule has 34 heavy (non-hydrogen) atoms. The Morgan fingerprint density at radius 2 is 2.00 bits per heavy atom. The third-order valence-corrected chi connectivity index (χ3v) is 9.67. The van der Waals surface area contributed by atoms with E-state index in [0.717, 1.165) is 47.9 Å². The fourth-order valence-corrected chi connectivity index (χ4v) is 7.89. The van der Waals surface area contributed by atoms with E-state index < -0.39 is 5.41 Å². The zero-order chi connectivity index (χ0) is 23.5. The summed E-state index contributed by atoms with van der Waals surface area (Å²) >= 11 is 1.70. The van der Waals surface area contributed by atoms with Crippen molar-refractivity contribution < 1.29 is 9.53 Å². The van der Waals surface area contributed by atoms with Crippen LogP contribution in [0.3, 0.4) is 0 Å². The summed E-state index contributed by atoms with van der Waals surface area (Å²) in [5.41, 5.74) is 1.88. The van der Waals surface area contributed by atoms with Gasteiger partial charge in [0.15, 0.2) is 0 Å². The number of aromatic nitrogens is 1. The zero-order valence-corrected chi connectivity index (χ0v) is 21.5. The van der Waals surface area contributed by atoms with Gasteiger partial charge in [-0.25, -0.2) is 4.98 Å². The molecule has 0 bridgehead atoms. The third kappa shape index (κ3) is 4.57. The minimum atomic E-state index is -0.508. The lowest BCUT2D eigenvalue weighted by Crippen LogP contribution is -2.56. The van der Waals surface area contributed by atoms with E-state index in [4.69, 9.17) is 9.72 Å². The number of ether oxygens (including phenoxy) is 1. The number of likely N-dealkylation sites (tertiary alicyclic amines) is 1. The topological polar surface area (TPSA) is 54.5 Å². The number of nitrogens with zero attached hydrogens (tertiary/aromatic N) is 2. The van der Waals surface area contributed by atoms with Crippen LogP contribution in [0.2, 0.25) is 0 Å². The number of nitrogens with one attached hydrogen (secondary N) is 1. The number of benzene rings is 1. The van der Waals surface area contributed by atoms with Gasteiger partial charge in [0.1, 0.15) is 0 Å². The van der Waals surface area contributed by atoms with Crippen molar-refractivity contribution >= 4 is 17.2 Å². The van der Waals surface area contributed by atoms with Gasteiger partial charge in [0.2, 0.25) is 5.91 Å². The molecule has 184 valence electrons. The number of piperidine rings is 1. The van der Waals surface area contributed by atoms with Crippen LogP contribution in [0.15, 0.2) is 30.3 Å². The van der Waals surface area contributed by atoms with Gasteiger partial charge in [-0.2, -0.15) is 0 Å². The van der Waals surface area contributed by atoms with Gasteiger partial charge in [0, 0.05) is 31.1 Å². The molecule has 1 N–H and O–H groups in total.